The zero-order valence-corrected chi connectivity index (χ0v) is 16.6. The lowest BCUT2D eigenvalue weighted by Gasteiger charge is -2.36. The molecule has 0 saturated carbocycles. The lowest BCUT2D eigenvalue weighted by Crippen LogP contribution is -2.43. The van der Waals surface area contributed by atoms with Crippen LogP contribution in [0.1, 0.15) is 70.4 Å². The first-order chi connectivity index (χ1) is 12.1. The van der Waals surface area contributed by atoms with Crippen molar-refractivity contribution in [2.45, 2.75) is 64.9 Å². The smallest absolute Gasteiger partial charge is 0.410 e. The van der Waals surface area contributed by atoms with Gasteiger partial charge in [-0.1, -0.05) is 38.1 Å². The molecule has 1 aliphatic rings. The predicted molar refractivity (Wildman–Crippen MR) is 103 cm³/mol. The summed E-state index contributed by atoms with van der Waals surface area (Å²) in [4.78, 5) is 26.1. The maximum absolute atomic E-state index is 12.2. The van der Waals surface area contributed by atoms with Gasteiger partial charge in [-0.3, -0.25) is 4.79 Å². The van der Waals surface area contributed by atoms with Crippen LogP contribution in [0, 0.1) is 5.92 Å². The molecule has 0 aromatic heterocycles. The van der Waals surface area contributed by atoms with Crippen molar-refractivity contribution in [3.63, 3.8) is 0 Å². The molecule has 1 saturated heterocycles. The molecule has 1 aromatic carbocycles. The number of hydrogen-bond donors (Lipinski definition) is 1. The van der Waals surface area contributed by atoms with Gasteiger partial charge < -0.3 is 15.4 Å². The molecule has 2 rings (SSSR count). The Kier molecular flexibility index (Phi) is 6.32. The second kappa shape index (κ2) is 8.11. The van der Waals surface area contributed by atoms with Gasteiger partial charge in [0.05, 0.1) is 5.92 Å². The van der Waals surface area contributed by atoms with Gasteiger partial charge in [0, 0.05) is 13.1 Å². The SMILES string of the molecule is CC(C)c1ccc(C(C(N)=O)C2CCN(C(=O)OC(C)(C)C)CC2)cc1. The van der Waals surface area contributed by atoms with Crippen molar-refractivity contribution in [1.29, 1.82) is 0 Å². The van der Waals surface area contributed by atoms with E-state index in [0.717, 1.165) is 18.4 Å². The van der Waals surface area contributed by atoms with E-state index < -0.39 is 5.60 Å². The third-order valence-electron chi connectivity index (χ3n) is 4.93. The number of nitrogens with two attached hydrogens (primary N) is 1. The van der Waals surface area contributed by atoms with Gasteiger partial charge in [0.2, 0.25) is 5.91 Å². The van der Waals surface area contributed by atoms with E-state index >= 15 is 0 Å². The first-order valence-electron chi connectivity index (χ1n) is 9.45. The predicted octanol–water partition coefficient (Wildman–Crippen LogP) is 4.03. The molecule has 5 nitrogen and oxygen atoms in total. The molecule has 1 aromatic rings. The minimum absolute atomic E-state index is 0.149. The van der Waals surface area contributed by atoms with Crippen molar-refractivity contribution in [2.75, 3.05) is 13.1 Å². The van der Waals surface area contributed by atoms with Crippen LogP contribution in [0.25, 0.3) is 0 Å². The second-order valence-electron chi connectivity index (χ2n) is 8.51. The normalized spacial score (nSPS) is 17.2. The summed E-state index contributed by atoms with van der Waals surface area (Å²) in [5.74, 6) is -0.000698. The summed E-state index contributed by atoms with van der Waals surface area (Å²) in [5.41, 5.74) is 7.45. The van der Waals surface area contributed by atoms with Crippen molar-refractivity contribution in [3.8, 4) is 0 Å². The zero-order valence-electron chi connectivity index (χ0n) is 16.6. The number of primary amides is 1. The third kappa shape index (κ3) is 5.23. The Morgan fingerprint density at radius 1 is 1.08 bits per heavy atom. The standard InChI is InChI=1S/C21H32N2O3/c1-14(2)15-6-8-16(9-7-15)18(19(22)24)17-10-12-23(13-11-17)20(25)26-21(3,4)5/h6-9,14,17-18H,10-13H2,1-5H3,(H2,22,24). The molecule has 1 fully saturated rings. The monoisotopic (exact) mass is 360 g/mol. The lowest BCUT2D eigenvalue weighted by atomic mass is 9.79. The average Bonchev–Trinajstić information content (AvgIpc) is 2.54. The highest BCUT2D eigenvalue weighted by atomic mass is 16.6. The van der Waals surface area contributed by atoms with E-state index in [1.165, 1.54) is 5.56 Å². The number of nitrogens with zero attached hydrogens (tertiary/aromatic N) is 1. The largest absolute Gasteiger partial charge is 0.444 e. The number of ether oxygens (including phenoxy) is 1. The number of piperidine rings is 1. The maximum atomic E-state index is 12.2. The highest BCUT2D eigenvalue weighted by Gasteiger charge is 2.33. The Labute approximate surface area is 156 Å². The van der Waals surface area contributed by atoms with Crippen LogP contribution in [0.4, 0.5) is 4.79 Å². The summed E-state index contributed by atoms with van der Waals surface area (Å²) in [5, 5.41) is 0. The Hall–Kier alpha value is -2.04. The van der Waals surface area contributed by atoms with Crippen LogP contribution >= 0.6 is 0 Å². The van der Waals surface area contributed by atoms with Crippen LogP contribution in [-0.4, -0.2) is 35.6 Å². The van der Waals surface area contributed by atoms with Crippen LogP contribution in [0.15, 0.2) is 24.3 Å². The van der Waals surface area contributed by atoms with Gasteiger partial charge in [0.15, 0.2) is 0 Å². The number of rotatable bonds is 4. The van der Waals surface area contributed by atoms with Gasteiger partial charge in [-0.25, -0.2) is 4.79 Å². The Bertz CT molecular complexity index is 624. The highest BCUT2D eigenvalue weighted by Crippen LogP contribution is 2.33. The third-order valence-corrected chi connectivity index (χ3v) is 4.93. The van der Waals surface area contributed by atoms with Crippen molar-refractivity contribution in [3.05, 3.63) is 35.4 Å². The number of hydrogen-bond acceptors (Lipinski definition) is 3. The van der Waals surface area contributed by atoms with Crippen molar-refractivity contribution in [1.82, 2.24) is 4.90 Å². The summed E-state index contributed by atoms with van der Waals surface area (Å²) >= 11 is 0. The molecule has 26 heavy (non-hydrogen) atoms. The Morgan fingerprint density at radius 3 is 2.00 bits per heavy atom. The Morgan fingerprint density at radius 2 is 1.58 bits per heavy atom. The van der Waals surface area contributed by atoms with E-state index in [1.807, 2.05) is 32.9 Å². The van der Waals surface area contributed by atoms with Crippen LogP contribution in [0.3, 0.4) is 0 Å². The fraction of sp³-hybridized carbons (Fsp3) is 0.619. The highest BCUT2D eigenvalue weighted by molar-refractivity contribution is 5.82. The Balaban J connectivity index is 2.04. The van der Waals surface area contributed by atoms with E-state index in [0.29, 0.717) is 19.0 Å². The molecule has 0 aliphatic carbocycles. The molecule has 2 N–H and O–H groups in total. The molecule has 0 radical (unpaired) electrons. The number of carbonyl (C=O) groups is 2. The molecule has 5 heteroatoms. The van der Waals surface area contributed by atoms with E-state index in [1.54, 1.807) is 4.90 Å². The maximum Gasteiger partial charge on any atom is 0.410 e. The molecule has 144 valence electrons. The fourth-order valence-electron chi connectivity index (χ4n) is 3.50. The van der Waals surface area contributed by atoms with Gasteiger partial charge in [0.25, 0.3) is 0 Å². The molecule has 2 amide bonds. The molecule has 1 heterocycles. The fourth-order valence-corrected chi connectivity index (χ4v) is 3.50. The molecular weight excluding hydrogens is 328 g/mol. The quantitative estimate of drug-likeness (QED) is 0.881. The van der Waals surface area contributed by atoms with E-state index in [2.05, 4.69) is 26.0 Å². The molecular formula is C21H32N2O3. The summed E-state index contributed by atoms with van der Waals surface area (Å²) in [7, 11) is 0. The average molecular weight is 360 g/mol. The second-order valence-corrected chi connectivity index (χ2v) is 8.51. The van der Waals surface area contributed by atoms with E-state index in [-0.39, 0.29) is 23.8 Å². The van der Waals surface area contributed by atoms with Gasteiger partial charge in [-0.15, -0.1) is 0 Å². The molecule has 0 spiro atoms. The summed E-state index contributed by atoms with van der Waals surface area (Å²) in [6, 6.07) is 8.19. The summed E-state index contributed by atoms with van der Waals surface area (Å²) in [6.07, 6.45) is 1.21. The topological polar surface area (TPSA) is 72.6 Å². The summed E-state index contributed by atoms with van der Waals surface area (Å²) in [6.45, 7) is 11.1. The van der Waals surface area contributed by atoms with Gasteiger partial charge in [-0.05, 0) is 56.6 Å². The minimum Gasteiger partial charge on any atom is -0.444 e. The molecule has 1 atom stereocenters. The van der Waals surface area contributed by atoms with Crippen molar-refractivity contribution < 1.29 is 14.3 Å². The first-order valence-corrected chi connectivity index (χ1v) is 9.45. The molecule has 0 bridgehead atoms. The number of carbonyl (C=O) groups excluding carboxylic acids is 2. The van der Waals surface area contributed by atoms with Gasteiger partial charge >= 0.3 is 6.09 Å². The number of likely N-dealkylation sites (tertiary alicyclic amines) is 1. The van der Waals surface area contributed by atoms with Crippen molar-refractivity contribution >= 4 is 12.0 Å². The van der Waals surface area contributed by atoms with Crippen LogP contribution in [0.5, 0.6) is 0 Å². The number of benzene rings is 1. The first kappa shape index (κ1) is 20.3. The van der Waals surface area contributed by atoms with Crippen LogP contribution < -0.4 is 5.73 Å². The lowest BCUT2D eigenvalue weighted by molar-refractivity contribution is -0.121. The van der Waals surface area contributed by atoms with Crippen LogP contribution in [0.2, 0.25) is 0 Å². The van der Waals surface area contributed by atoms with Gasteiger partial charge in [-0.2, -0.15) is 0 Å². The van der Waals surface area contributed by atoms with Crippen molar-refractivity contribution in [2.24, 2.45) is 11.7 Å². The minimum atomic E-state index is -0.498. The van der Waals surface area contributed by atoms with E-state index in [9.17, 15) is 9.59 Å². The summed E-state index contributed by atoms with van der Waals surface area (Å²) < 4.78 is 5.44. The molecule has 1 unspecified atom stereocenters. The zero-order chi connectivity index (χ0) is 19.5. The van der Waals surface area contributed by atoms with Crippen LogP contribution in [-0.2, 0) is 9.53 Å². The number of amides is 2. The molecule has 1 aliphatic heterocycles. The van der Waals surface area contributed by atoms with Gasteiger partial charge in [0.1, 0.15) is 5.60 Å². The van der Waals surface area contributed by atoms with E-state index in [4.69, 9.17) is 10.5 Å².